The van der Waals surface area contributed by atoms with E-state index >= 15 is 0 Å². The summed E-state index contributed by atoms with van der Waals surface area (Å²) in [4.78, 5) is 2.91. The summed E-state index contributed by atoms with van der Waals surface area (Å²) < 4.78 is 42.4. The zero-order chi connectivity index (χ0) is 14.9. The van der Waals surface area contributed by atoms with Gasteiger partial charge in [0.15, 0.2) is 4.77 Å². The minimum Gasteiger partial charge on any atom is -0.370 e. The first-order chi connectivity index (χ1) is 9.28. The van der Waals surface area contributed by atoms with Crippen molar-refractivity contribution < 1.29 is 17.9 Å². The summed E-state index contributed by atoms with van der Waals surface area (Å²) in [6.45, 7) is -1.21. The van der Waals surface area contributed by atoms with E-state index in [0.717, 1.165) is 0 Å². The summed E-state index contributed by atoms with van der Waals surface area (Å²) in [6, 6.07) is 3.22. The maximum Gasteiger partial charge on any atom is 0.411 e. The van der Waals surface area contributed by atoms with Gasteiger partial charge in [0.2, 0.25) is 0 Å². The van der Waals surface area contributed by atoms with Gasteiger partial charge in [-0.25, -0.2) is 0 Å². The molecule has 0 atom stereocenters. The molecule has 1 aromatic carbocycles. The third-order valence-electron chi connectivity index (χ3n) is 2.54. The monoisotopic (exact) mass is 344 g/mol. The van der Waals surface area contributed by atoms with E-state index in [2.05, 4.69) is 9.72 Å². The van der Waals surface area contributed by atoms with Crippen molar-refractivity contribution in [3.63, 3.8) is 0 Å². The van der Waals surface area contributed by atoms with Gasteiger partial charge < -0.3 is 14.3 Å². The fourth-order valence-corrected chi connectivity index (χ4v) is 2.34. The van der Waals surface area contributed by atoms with Gasteiger partial charge in [0.05, 0.1) is 27.7 Å². The lowest BCUT2D eigenvalue weighted by atomic mass is 10.3. The predicted octanol–water partition coefficient (Wildman–Crippen LogP) is 4.58. The number of halogens is 5. The summed E-state index contributed by atoms with van der Waals surface area (Å²) in [5.41, 5.74) is 1.33. The van der Waals surface area contributed by atoms with Crippen LogP contribution in [0.2, 0.25) is 10.0 Å². The predicted molar refractivity (Wildman–Crippen MR) is 74.0 cm³/mol. The number of H-pyrrole nitrogens is 1. The van der Waals surface area contributed by atoms with Crippen LogP contribution in [-0.2, 0) is 11.3 Å². The molecule has 0 amide bonds. The van der Waals surface area contributed by atoms with Crippen LogP contribution in [-0.4, -0.2) is 28.9 Å². The smallest absolute Gasteiger partial charge is 0.370 e. The Morgan fingerprint density at radius 3 is 2.55 bits per heavy atom. The molecule has 20 heavy (non-hydrogen) atoms. The molecule has 1 N–H and O–H groups in total. The Morgan fingerprint density at radius 2 is 1.90 bits per heavy atom. The number of hydrogen-bond acceptors (Lipinski definition) is 2. The normalized spacial score (nSPS) is 12.2. The van der Waals surface area contributed by atoms with Crippen LogP contribution in [0.3, 0.4) is 0 Å². The van der Waals surface area contributed by atoms with Gasteiger partial charge in [-0.2, -0.15) is 13.2 Å². The second kappa shape index (κ2) is 5.93. The van der Waals surface area contributed by atoms with Crippen molar-refractivity contribution in [2.24, 2.45) is 0 Å². The van der Waals surface area contributed by atoms with Crippen LogP contribution in [0, 0.1) is 4.77 Å². The van der Waals surface area contributed by atoms with Crippen molar-refractivity contribution in [3.8, 4) is 0 Å². The number of fused-ring (bicyclic) bond motifs is 1. The zero-order valence-corrected chi connectivity index (χ0v) is 12.3. The van der Waals surface area contributed by atoms with E-state index in [4.69, 9.17) is 35.4 Å². The van der Waals surface area contributed by atoms with Crippen molar-refractivity contribution in [2.75, 3.05) is 13.2 Å². The van der Waals surface area contributed by atoms with Crippen LogP contribution in [0.4, 0.5) is 13.2 Å². The molecule has 0 spiro atoms. The van der Waals surface area contributed by atoms with Gasteiger partial charge in [-0.3, -0.25) is 0 Å². The quantitative estimate of drug-likeness (QED) is 0.649. The second-order valence-corrected chi connectivity index (χ2v) is 5.23. The second-order valence-electron chi connectivity index (χ2n) is 4.03. The molecule has 0 fully saturated rings. The van der Waals surface area contributed by atoms with Gasteiger partial charge in [-0.15, -0.1) is 0 Å². The summed E-state index contributed by atoms with van der Waals surface area (Å²) >= 11 is 16.9. The van der Waals surface area contributed by atoms with Crippen molar-refractivity contribution in [1.82, 2.24) is 9.55 Å². The van der Waals surface area contributed by atoms with Crippen LogP contribution in [0.25, 0.3) is 11.0 Å². The third kappa shape index (κ3) is 3.66. The Hall–Kier alpha value is -0.760. The number of imidazole rings is 1. The Morgan fingerprint density at radius 1 is 1.25 bits per heavy atom. The third-order valence-corrected chi connectivity index (χ3v) is 3.59. The van der Waals surface area contributed by atoms with Crippen molar-refractivity contribution in [3.05, 3.63) is 26.9 Å². The number of benzene rings is 1. The van der Waals surface area contributed by atoms with Crippen molar-refractivity contribution in [1.29, 1.82) is 0 Å². The Bertz CT molecular complexity index is 681. The molecule has 0 aliphatic rings. The molecule has 9 heteroatoms. The Labute approximate surface area is 127 Å². The molecule has 110 valence electrons. The van der Waals surface area contributed by atoms with E-state index in [1.54, 1.807) is 16.7 Å². The summed E-state index contributed by atoms with van der Waals surface area (Å²) in [6.07, 6.45) is -4.33. The standard InChI is InChI=1S/C11H9Cl2F3N2OS/c12-6-3-8-9(4-7(6)13)18(10(20)17-8)1-2-19-5-11(14,15)16/h3-4H,1-2,5H2,(H,17,20). The zero-order valence-electron chi connectivity index (χ0n) is 9.93. The summed E-state index contributed by atoms with van der Waals surface area (Å²) in [7, 11) is 0. The van der Waals surface area contributed by atoms with Gasteiger partial charge in [0.1, 0.15) is 6.61 Å². The number of aromatic amines is 1. The Balaban J connectivity index is 2.16. The summed E-state index contributed by atoms with van der Waals surface area (Å²) in [5, 5.41) is 0.717. The topological polar surface area (TPSA) is 29.9 Å². The molecule has 0 unspecified atom stereocenters. The molecule has 2 rings (SSSR count). The highest BCUT2D eigenvalue weighted by atomic mass is 35.5. The number of rotatable bonds is 4. The fraction of sp³-hybridized carbons (Fsp3) is 0.364. The van der Waals surface area contributed by atoms with E-state index in [0.29, 0.717) is 25.8 Å². The molecule has 0 aliphatic heterocycles. The maximum absolute atomic E-state index is 12.0. The first-order valence-electron chi connectivity index (χ1n) is 5.50. The largest absolute Gasteiger partial charge is 0.411 e. The summed E-state index contributed by atoms with van der Waals surface area (Å²) in [5.74, 6) is 0. The van der Waals surface area contributed by atoms with Gasteiger partial charge in [-0.05, 0) is 24.4 Å². The SMILES string of the molecule is FC(F)(F)COCCn1c(=S)[nH]c2cc(Cl)c(Cl)cc21. The average Bonchev–Trinajstić information content (AvgIpc) is 2.60. The van der Waals surface area contributed by atoms with Crippen LogP contribution in [0.5, 0.6) is 0 Å². The lowest BCUT2D eigenvalue weighted by Crippen LogP contribution is -2.19. The fourth-order valence-electron chi connectivity index (χ4n) is 1.72. The van der Waals surface area contributed by atoms with E-state index in [1.165, 1.54) is 0 Å². The van der Waals surface area contributed by atoms with Crippen molar-refractivity contribution in [2.45, 2.75) is 12.7 Å². The molecule has 0 saturated carbocycles. The van der Waals surface area contributed by atoms with Crippen LogP contribution < -0.4 is 0 Å². The van der Waals surface area contributed by atoms with Crippen molar-refractivity contribution >= 4 is 46.5 Å². The lowest BCUT2D eigenvalue weighted by Gasteiger charge is -2.08. The van der Waals surface area contributed by atoms with Crippen LogP contribution >= 0.6 is 35.4 Å². The van der Waals surface area contributed by atoms with E-state index in [1.807, 2.05) is 0 Å². The van der Waals surface area contributed by atoms with E-state index < -0.39 is 12.8 Å². The molecule has 0 radical (unpaired) electrons. The van der Waals surface area contributed by atoms with E-state index in [-0.39, 0.29) is 13.2 Å². The van der Waals surface area contributed by atoms with E-state index in [9.17, 15) is 13.2 Å². The number of nitrogens with one attached hydrogen (secondary N) is 1. The number of alkyl halides is 3. The molecule has 3 nitrogen and oxygen atoms in total. The molecular formula is C11H9Cl2F3N2OS. The highest BCUT2D eigenvalue weighted by Gasteiger charge is 2.27. The minimum atomic E-state index is -4.33. The van der Waals surface area contributed by atoms with Crippen LogP contribution in [0.15, 0.2) is 12.1 Å². The highest BCUT2D eigenvalue weighted by molar-refractivity contribution is 7.71. The molecule has 2 aromatic rings. The number of aromatic nitrogens is 2. The van der Waals surface area contributed by atoms with Gasteiger partial charge in [-0.1, -0.05) is 23.2 Å². The maximum atomic E-state index is 12.0. The first-order valence-corrected chi connectivity index (χ1v) is 6.66. The molecular weight excluding hydrogens is 336 g/mol. The average molecular weight is 345 g/mol. The number of ether oxygens (including phenoxy) is 1. The molecule has 0 bridgehead atoms. The number of nitrogens with zero attached hydrogens (tertiary/aromatic N) is 1. The Kier molecular flexibility index (Phi) is 4.63. The molecule has 0 saturated heterocycles. The first kappa shape index (κ1) is 15.6. The van der Waals surface area contributed by atoms with Gasteiger partial charge in [0, 0.05) is 6.54 Å². The molecule has 1 heterocycles. The highest BCUT2D eigenvalue weighted by Crippen LogP contribution is 2.27. The van der Waals surface area contributed by atoms with Gasteiger partial charge in [0.25, 0.3) is 0 Å². The minimum absolute atomic E-state index is 0.110. The number of hydrogen-bond donors (Lipinski definition) is 1. The lowest BCUT2D eigenvalue weighted by molar-refractivity contribution is -0.174. The molecule has 1 aromatic heterocycles. The van der Waals surface area contributed by atoms with Crippen LogP contribution in [0.1, 0.15) is 0 Å². The molecule has 0 aliphatic carbocycles. The van der Waals surface area contributed by atoms with Gasteiger partial charge >= 0.3 is 6.18 Å².